The molecule has 0 saturated heterocycles. The van der Waals surface area contributed by atoms with Crippen molar-refractivity contribution in [1.29, 1.82) is 0 Å². The Labute approximate surface area is 144 Å². The van der Waals surface area contributed by atoms with Gasteiger partial charge in [-0.25, -0.2) is 10.9 Å². The topological polar surface area (TPSA) is 83.6 Å². The molecule has 0 aromatic heterocycles. The Bertz CT molecular complexity index is 517. The predicted molar refractivity (Wildman–Crippen MR) is 95.3 cm³/mol. The molecule has 5 heteroatoms. The number of hydrogen-bond donors (Lipinski definition) is 2. The van der Waals surface area contributed by atoms with Crippen molar-refractivity contribution in [3.8, 4) is 5.75 Å². The molecule has 0 aliphatic rings. The van der Waals surface area contributed by atoms with E-state index in [4.69, 9.17) is 5.84 Å². The van der Waals surface area contributed by atoms with Gasteiger partial charge in [-0.15, -0.1) is 0 Å². The fourth-order valence-electron chi connectivity index (χ4n) is 2.60. The molecule has 3 N–H and O–H groups in total. The molecule has 0 atom stereocenters. The zero-order valence-electron chi connectivity index (χ0n) is 14.7. The molecule has 24 heavy (non-hydrogen) atoms. The number of nitrogens with zero attached hydrogens (tertiary/aromatic N) is 1. The highest BCUT2D eigenvalue weighted by Crippen LogP contribution is 2.17. The minimum Gasteiger partial charge on any atom is -0.507 e. The van der Waals surface area contributed by atoms with Gasteiger partial charge in [-0.3, -0.25) is 9.59 Å². The second-order valence-electron chi connectivity index (χ2n) is 6.16. The van der Waals surface area contributed by atoms with Crippen LogP contribution >= 0.6 is 0 Å². The summed E-state index contributed by atoms with van der Waals surface area (Å²) in [6, 6.07) is 6.07. The zero-order chi connectivity index (χ0) is 17.8. The summed E-state index contributed by atoms with van der Waals surface area (Å²) < 4.78 is 0. The van der Waals surface area contributed by atoms with Crippen molar-refractivity contribution in [2.75, 3.05) is 0 Å². The highest BCUT2D eigenvalue weighted by atomic mass is 16.3. The van der Waals surface area contributed by atoms with Crippen LogP contribution < -0.4 is 5.84 Å². The maximum absolute atomic E-state index is 12.1. The number of carbonyl (C=O) groups is 2. The van der Waals surface area contributed by atoms with E-state index >= 15 is 0 Å². The van der Waals surface area contributed by atoms with E-state index < -0.39 is 11.8 Å². The van der Waals surface area contributed by atoms with Crippen LogP contribution in [-0.4, -0.2) is 21.9 Å². The molecule has 2 amide bonds. The summed E-state index contributed by atoms with van der Waals surface area (Å²) in [4.78, 5) is 24.1. The molecule has 0 unspecified atom stereocenters. The Balaban J connectivity index is 2.21. The number of imide groups is 1. The van der Waals surface area contributed by atoms with Gasteiger partial charge in [-0.2, -0.15) is 0 Å². The van der Waals surface area contributed by atoms with Crippen LogP contribution in [0.5, 0.6) is 5.75 Å². The molecule has 0 bridgehead atoms. The van der Waals surface area contributed by atoms with Crippen molar-refractivity contribution >= 4 is 11.8 Å². The number of para-hydroxylation sites is 1. The number of amides is 2. The Kier molecular flexibility index (Phi) is 9.77. The number of carbonyl (C=O) groups excluding carboxylic acids is 2. The summed E-state index contributed by atoms with van der Waals surface area (Å²) in [6.45, 7) is 2.21. The molecular weight excluding hydrogens is 304 g/mol. The van der Waals surface area contributed by atoms with Crippen molar-refractivity contribution in [3.05, 3.63) is 29.8 Å². The van der Waals surface area contributed by atoms with Crippen molar-refractivity contribution in [3.63, 3.8) is 0 Å². The van der Waals surface area contributed by atoms with Crippen LogP contribution in [0.4, 0.5) is 0 Å². The van der Waals surface area contributed by atoms with Gasteiger partial charge < -0.3 is 5.11 Å². The van der Waals surface area contributed by atoms with E-state index in [2.05, 4.69) is 6.92 Å². The second kappa shape index (κ2) is 11.6. The number of hydrogen-bond acceptors (Lipinski definition) is 4. The molecule has 0 radical (unpaired) electrons. The van der Waals surface area contributed by atoms with Gasteiger partial charge in [0.25, 0.3) is 5.91 Å². The lowest BCUT2D eigenvalue weighted by molar-refractivity contribution is -0.129. The molecule has 5 nitrogen and oxygen atoms in total. The first-order valence-corrected chi connectivity index (χ1v) is 8.98. The van der Waals surface area contributed by atoms with Crippen LogP contribution in [0.15, 0.2) is 24.3 Å². The zero-order valence-corrected chi connectivity index (χ0v) is 14.7. The van der Waals surface area contributed by atoms with Crippen molar-refractivity contribution in [2.24, 2.45) is 5.84 Å². The largest absolute Gasteiger partial charge is 0.507 e. The van der Waals surface area contributed by atoms with Gasteiger partial charge in [-0.1, -0.05) is 70.4 Å². The van der Waals surface area contributed by atoms with E-state index in [0.717, 1.165) is 19.3 Å². The lowest BCUT2D eigenvalue weighted by atomic mass is 10.1. The fourth-order valence-corrected chi connectivity index (χ4v) is 2.60. The Hall–Kier alpha value is -1.88. The normalized spacial score (nSPS) is 10.6. The summed E-state index contributed by atoms with van der Waals surface area (Å²) in [5, 5.41) is 10.3. The average molecular weight is 334 g/mol. The average Bonchev–Trinajstić information content (AvgIpc) is 2.59. The predicted octanol–water partition coefficient (Wildman–Crippen LogP) is 4.16. The first kappa shape index (κ1) is 20.2. The summed E-state index contributed by atoms with van der Waals surface area (Å²) in [5.41, 5.74) is 0.0421. The highest BCUT2D eigenvalue weighted by Gasteiger charge is 2.21. The number of benzene rings is 1. The molecule has 0 spiro atoms. The van der Waals surface area contributed by atoms with Crippen molar-refractivity contribution in [2.45, 2.75) is 71.1 Å². The van der Waals surface area contributed by atoms with Gasteiger partial charge in [0.2, 0.25) is 5.91 Å². The van der Waals surface area contributed by atoms with Gasteiger partial charge in [0.15, 0.2) is 0 Å². The smallest absolute Gasteiger partial charge is 0.278 e. The number of phenols is 1. The number of aromatic hydroxyl groups is 1. The summed E-state index contributed by atoms with van der Waals surface area (Å²) in [5.74, 6) is 4.34. The number of phenolic OH excluding ortho intramolecular Hbond substituents is 1. The molecule has 0 fully saturated rings. The van der Waals surface area contributed by atoms with Crippen LogP contribution in [0, 0.1) is 0 Å². The van der Waals surface area contributed by atoms with Gasteiger partial charge in [0.05, 0.1) is 5.56 Å². The lowest BCUT2D eigenvalue weighted by Gasteiger charge is -2.15. The monoisotopic (exact) mass is 334 g/mol. The van der Waals surface area contributed by atoms with Crippen LogP contribution in [0.25, 0.3) is 0 Å². The molecule has 0 aliphatic carbocycles. The molecule has 0 aliphatic heterocycles. The summed E-state index contributed by atoms with van der Waals surface area (Å²) >= 11 is 0. The Morgan fingerprint density at radius 3 is 2.08 bits per heavy atom. The molecular formula is C19H30N2O3. The molecule has 1 rings (SSSR count). The quantitative estimate of drug-likeness (QED) is 0.275. The maximum atomic E-state index is 12.1. The van der Waals surface area contributed by atoms with Gasteiger partial charge in [0.1, 0.15) is 5.75 Å². The highest BCUT2D eigenvalue weighted by molar-refractivity contribution is 6.05. The van der Waals surface area contributed by atoms with Crippen LogP contribution in [0.1, 0.15) is 81.5 Å². The van der Waals surface area contributed by atoms with Gasteiger partial charge in [0, 0.05) is 6.42 Å². The third-order valence-corrected chi connectivity index (χ3v) is 4.12. The number of hydrazine groups is 1. The van der Waals surface area contributed by atoms with Crippen molar-refractivity contribution < 1.29 is 14.7 Å². The van der Waals surface area contributed by atoms with E-state index in [1.165, 1.54) is 50.7 Å². The molecule has 0 heterocycles. The van der Waals surface area contributed by atoms with E-state index in [-0.39, 0.29) is 17.7 Å². The van der Waals surface area contributed by atoms with Gasteiger partial charge >= 0.3 is 0 Å². The minimum atomic E-state index is -0.672. The standard InChI is InChI=1S/C19H30N2O3/c1-2-3-4-5-6-7-8-9-10-15-18(23)21(20)19(24)16-13-11-12-14-17(16)22/h11-14,22H,2-10,15,20H2,1H3. The molecule has 1 aromatic carbocycles. The Morgan fingerprint density at radius 1 is 0.958 bits per heavy atom. The molecule has 134 valence electrons. The molecule has 0 saturated carbocycles. The fraction of sp³-hybridized carbons (Fsp3) is 0.579. The number of unbranched alkanes of at least 4 members (excludes halogenated alkanes) is 8. The lowest BCUT2D eigenvalue weighted by Crippen LogP contribution is -2.42. The van der Waals surface area contributed by atoms with Crippen molar-refractivity contribution in [1.82, 2.24) is 5.01 Å². The maximum Gasteiger partial charge on any atom is 0.278 e. The number of rotatable bonds is 11. The first-order chi connectivity index (χ1) is 11.6. The van der Waals surface area contributed by atoms with E-state index in [9.17, 15) is 14.7 Å². The third kappa shape index (κ3) is 7.13. The van der Waals surface area contributed by atoms with E-state index in [0.29, 0.717) is 5.01 Å². The summed E-state index contributed by atoms with van der Waals surface area (Å²) in [7, 11) is 0. The first-order valence-electron chi connectivity index (χ1n) is 8.98. The van der Waals surface area contributed by atoms with Gasteiger partial charge in [-0.05, 0) is 18.6 Å². The SMILES string of the molecule is CCCCCCCCCCCC(=O)N(N)C(=O)c1ccccc1O. The number of nitrogens with two attached hydrogens (primary N) is 1. The third-order valence-electron chi connectivity index (χ3n) is 4.12. The Morgan fingerprint density at radius 2 is 1.50 bits per heavy atom. The van der Waals surface area contributed by atoms with Crippen LogP contribution in [-0.2, 0) is 4.79 Å². The minimum absolute atomic E-state index is 0.0421. The van der Waals surface area contributed by atoms with E-state index in [1.54, 1.807) is 12.1 Å². The second-order valence-corrected chi connectivity index (χ2v) is 6.16. The van der Waals surface area contributed by atoms with Crippen LogP contribution in [0.2, 0.25) is 0 Å². The summed E-state index contributed by atoms with van der Waals surface area (Å²) in [6.07, 6.45) is 10.7. The van der Waals surface area contributed by atoms with E-state index in [1.807, 2.05) is 0 Å². The van der Waals surface area contributed by atoms with Crippen LogP contribution in [0.3, 0.4) is 0 Å². The molecule has 1 aromatic rings.